The summed E-state index contributed by atoms with van der Waals surface area (Å²) in [4.78, 5) is 0. The molecule has 1 aromatic heterocycles. The summed E-state index contributed by atoms with van der Waals surface area (Å²) in [7, 11) is -0.941. The Morgan fingerprint density at radius 1 is 1.08 bits per heavy atom. The van der Waals surface area contributed by atoms with Gasteiger partial charge in [0.15, 0.2) is 0 Å². The Labute approximate surface area is 149 Å². The molecule has 0 amide bonds. The first kappa shape index (κ1) is 17.3. The van der Waals surface area contributed by atoms with Crippen LogP contribution in [0, 0.1) is 0 Å². The van der Waals surface area contributed by atoms with Gasteiger partial charge in [0, 0.05) is 23.1 Å². The maximum atomic E-state index is 15.1. The average molecular weight is 346 g/mol. The number of hydrogen-bond donors (Lipinski definition) is 1. The molecule has 0 aromatic carbocycles. The first-order valence-electron chi connectivity index (χ1n) is 9.59. The van der Waals surface area contributed by atoms with E-state index in [9.17, 15) is 0 Å². The first-order valence-corrected chi connectivity index (χ1v) is 9.59. The molecule has 1 N–H and O–H groups in total. The lowest BCUT2D eigenvalue weighted by atomic mass is 9.85. The summed E-state index contributed by atoms with van der Waals surface area (Å²) >= 11 is 0. The molecule has 2 heterocycles. The van der Waals surface area contributed by atoms with Crippen LogP contribution in [0.2, 0.25) is 0 Å². The molecule has 0 spiro atoms. The second kappa shape index (κ2) is 5.95. The summed E-state index contributed by atoms with van der Waals surface area (Å²) in [5.41, 5.74) is 1.64. The molecule has 4 rings (SSSR count). The summed E-state index contributed by atoms with van der Waals surface area (Å²) in [6.07, 6.45) is 8.70. The highest BCUT2D eigenvalue weighted by molar-refractivity contribution is 6.54. The van der Waals surface area contributed by atoms with Gasteiger partial charge in [-0.05, 0) is 59.5 Å². The topological polar surface area (TPSA) is 47.1 Å². The van der Waals surface area contributed by atoms with Crippen molar-refractivity contribution < 1.29 is 13.7 Å². The highest BCUT2D eigenvalue weighted by Gasteiger charge is 2.53. The summed E-state index contributed by atoms with van der Waals surface area (Å²) in [6, 6.07) is 0. The molecule has 0 atom stereocenters. The number of nitrogens with zero attached hydrogens (tertiary/aromatic N) is 1. The number of aromatic nitrogens is 2. The summed E-state index contributed by atoms with van der Waals surface area (Å²) < 4.78 is 26.8. The molecule has 6 heteroatoms. The molecular weight excluding hydrogens is 318 g/mol. The summed E-state index contributed by atoms with van der Waals surface area (Å²) in [5, 5.41) is 7.78. The third-order valence-corrected chi connectivity index (χ3v) is 6.35. The predicted molar refractivity (Wildman–Crippen MR) is 96.9 cm³/mol. The van der Waals surface area contributed by atoms with Crippen molar-refractivity contribution in [2.45, 2.75) is 89.3 Å². The van der Waals surface area contributed by atoms with Gasteiger partial charge in [-0.1, -0.05) is 12.8 Å². The Balaban J connectivity index is 1.65. The van der Waals surface area contributed by atoms with Crippen LogP contribution in [0.1, 0.15) is 95.0 Å². The molecule has 2 saturated carbocycles. The van der Waals surface area contributed by atoms with Crippen LogP contribution < -0.4 is 0 Å². The largest absolute Gasteiger partial charge is 0.525 e. The number of aromatic amines is 1. The van der Waals surface area contributed by atoms with Gasteiger partial charge in [0.05, 0.1) is 16.9 Å². The summed E-state index contributed by atoms with van der Waals surface area (Å²) in [5.74, 6) is 0.945. The van der Waals surface area contributed by atoms with Crippen LogP contribution in [0.4, 0.5) is 4.39 Å². The quantitative estimate of drug-likeness (QED) is 0.790. The standard InChI is InChI=1S/C19H28BFN2O2/c1-18(2)19(3,4)25-20(24-18)15(21)11-14-16(12-7-5-6-8-12)22-23-17(14)13-9-10-13/h11-13H,5-10H2,1-4H3,(H,22,23). The van der Waals surface area contributed by atoms with Crippen molar-refractivity contribution in [3.8, 4) is 0 Å². The smallest absolute Gasteiger partial charge is 0.398 e. The lowest BCUT2D eigenvalue weighted by Crippen LogP contribution is -2.41. The molecule has 136 valence electrons. The van der Waals surface area contributed by atoms with E-state index in [-0.39, 0.29) is 5.73 Å². The zero-order valence-electron chi connectivity index (χ0n) is 15.7. The zero-order chi connectivity index (χ0) is 17.8. The second-order valence-corrected chi connectivity index (χ2v) is 8.81. The van der Waals surface area contributed by atoms with Gasteiger partial charge in [0.25, 0.3) is 0 Å². The van der Waals surface area contributed by atoms with Crippen LogP contribution in [0.5, 0.6) is 0 Å². The molecule has 2 aliphatic carbocycles. The Morgan fingerprint density at radius 2 is 1.68 bits per heavy atom. The normalized spacial score (nSPS) is 26.6. The van der Waals surface area contributed by atoms with Crippen LogP contribution >= 0.6 is 0 Å². The van der Waals surface area contributed by atoms with E-state index in [0.29, 0.717) is 11.8 Å². The van der Waals surface area contributed by atoms with Crippen molar-refractivity contribution in [1.29, 1.82) is 0 Å². The summed E-state index contributed by atoms with van der Waals surface area (Å²) in [6.45, 7) is 7.77. The molecule has 0 radical (unpaired) electrons. The molecule has 4 nitrogen and oxygen atoms in total. The fraction of sp³-hybridized carbons (Fsp3) is 0.737. The van der Waals surface area contributed by atoms with Gasteiger partial charge in [0.2, 0.25) is 0 Å². The van der Waals surface area contributed by atoms with E-state index in [1.54, 1.807) is 6.08 Å². The first-order chi connectivity index (χ1) is 11.8. The number of halogens is 1. The number of rotatable bonds is 4. The van der Waals surface area contributed by atoms with Crippen molar-refractivity contribution in [1.82, 2.24) is 10.2 Å². The Bertz CT molecular complexity index is 672. The van der Waals surface area contributed by atoms with Crippen LogP contribution in [-0.4, -0.2) is 28.5 Å². The third-order valence-electron chi connectivity index (χ3n) is 6.35. The van der Waals surface area contributed by atoms with E-state index in [1.807, 2.05) is 27.7 Å². The van der Waals surface area contributed by atoms with E-state index in [2.05, 4.69) is 10.2 Å². The van der Waals surface area contributed by atoms with Crippen molar-refractivity contribution in [2.24, 2.45) is 0 Å². The fourth-order valence-corrected chi connectivity index (χ4v) is 3.89. The number of H-pyrrole nitrogens is 1. The minimum Gasteiger partial charge on any atom is -0.398 e. The molecule has 3 aliphatic rings. The molecule has 0 unspecified atom stereocenters. The number of nitrogens with one attached hydrogen (secondary N) is 1. The van der Waals surface area contributed by atoms with E-state index in [0.717, 1.165) is 42.6 Å². The van der Waals surface area contributed by atoms with Crippen LogP contribution in [0.25, 0.3) is 6.08 Å². The third kappa shape index (κ3) is 3.08. The van der Waals surface area contributed by atoms with E-state index in [1.165, 1.54) is 12.8 Å². The lowest BCUT2D eigenvalue weighted by molar-refractivity contribution is 0.00578. The van der Waals surface area contributed by atoms with E-state index < -0.39 is 18.3 Å². The molecule has 3 fully saturated rings. The molecule has 1 saturated heterocycles. The van der Waals surface area contributed by atoms with Gasteiger partial charge in [0.1, 0.15) is 5.73 Å². The molecular formula is C19H28BFN2O2. The Hall–Kier alpha value is -1.14. The van der Waals surface area contributed by atoms with Crippen molar-refractivity contribution in [2.75, 3.05) is 0 Å². The highest BCUT2D eigenvalue weighted by atomic mass is 19.1. The minimum absolute atomic E-state index is 0.360. The predicted octanol–water partition coefficient (Wildman–Crippen LogP) is 4.89. The Kier molecular flexibility index (Phi) is 4.11. The fourth-order valence-electron chi connectivity index (χ4n) is 3.89. The van der Waals surface area contributed by atoms with Crippen LogP contribution in [0.3, 0.4) is 0 Å². The van der Waals surface area contributed by atoms with Gasteiger partial charge in [-0.15, -0.1) is 0 Å². The van der Waals surface area contributed by atoms with Crippen molar-refractivity contribution in [3.05, 3.63) is 22.7 Å². The lowest BCUT2D eigenvalue weighted by Gasteiger charge is -2.32. The Morgan fingerprint density at radius 3 is 2.24 bits per heavy atom. The van der Waals surface area contributed by atoms with Gasteiger partial charge in [-0.2, -0.15) is 5.10 Å². The monoisotopic (exact) mass is 346 g/mol. The van der Waals surface area contributed by atoms with E-state index >= 15 is 4.39 Å². The second-order valence-electron chi connectivity index (χ2n) is 8.81. The van der Waals surface area contributed by atoms with Crippen LogP contribution in [-0.2, 0) is 9.31 Å². The molecule has 1 aromatic rings. The van der Waals surface area contributed by atoms with Crippen molar-refractivity contribution >= 4 is 13.2 Å². The molecule has 0 bridgehead atoms. The molecule has 25 heavy (non-hydrogen) atoms. The average Bonchev–Trinajstić information content (AvgIpc) is 2.98. The minimum atomic E-state index is -0.941. The number of hydrogen-bond acceptors (Lipinski definition) is 3. The van der Waals surface area contributed by atoms with Crippen LogP contribution in [0.15, 0.2) is 5.73 Å². The van der Waals surface area contributed by atoms with E-state index in [4.69, 9.17) is 9.31 Å². The van der Waals surface area contributed by atoms with Gasteiger partial charge in [-0.3, -0.25) is 5.10 Å². The van der Waals surface area contributed by atoms with Gasteiger partial charge < -0.3 is 9.31 Å². The van der Waals surface area contributed by atoms with Gasteiger partial charge >= 0.3 is 7.12 Å². The molecule has 1 aliphatic heterocycles. The zero-order valence-corrected chi connectivity index (χ0v) is 15.7. The maximum absolute atomic E-state index is 15.1. The van der Waals surface area contributed by atoms with Crippen molar-refractivity contribution in [3.63, 3.8) is 0 Å². The highest BCUT2D eigenvalue weighted by Crippen LogP contribution is 2.45. The van der Waals surface area contributed by atoms with Gasteiger partial charge in [-0.25, -0.2) is 4.39 Å². The maximum Gasteiger partial charge on any atom is 0.525 e. The SMILES string of the molecule is CC1(C)OB(C(F)=Cc2c(C3CCCC3)n[nH]c2C2CC2)OC1(C)C.